The normalized spacial score (nSPS) is 16.4. The van der Waals surface area contributed by atoms with Gasteiger partial charge < -0.3 is 23.6 Å². The molecule has 5 rings (SSSR count). The molecule has 4 aromatic rings. The Kier molecular flexibility index (Phi) is 5.90. The lowest BCUT2D eigenvalue weighted by Crippen LogP contribution is -2.44. The van der Waals surface area contributed by atoms with Crippen molar-refractivity contribution in [2.24, 2.45) is 0 Å². The Labute approximate surface area is 196 Å². The molecule has 1 fully saturated rings. The highest BCUT2D eigenvalue weighted by molar-refractivity contribution is 7.14. The van der Waals surface area contributed by atoms with E-state index in [1.807, 2.05) is 38.1 Å². The maximum absolute atomic E-state index is 6.13. The second-order valence-corrected chi connectivity index (χ2v) is 8.92. The van der Waals surface area contributed by atoms with Crippen LogP contribution in [0, 0.1) is 13.8 Å². The summed E-state index contributed by atoms with van der Waals surface area (Å²) in [5.41, 5.74) is 4.62. The maximum Gasteiger partial charge on any atom is 0.252 e. The van der Waals surface area contributed by atoms with E-state index in [-0.39, 0.29) is 6.04 Å². The van der Waals surface area contributed by atoms with Crippen LogP contribution in [0.3, 0.4) is 0 Å². The molecule has 1 aliphatic heterocycles. The van der Waals surface area contributed by atoms with Crippen molar-refractivity contribution in [1.82, 2.24) is 14.5 Å². The monoisotopic (exact) mass is 466 g/mol. The van der Waals surface area contributed by atoms with E-state index in [9.17, 15) is 0 Å². The minimum atomic E-state index is 0.219. The Morgan fingerprint density at radius 1 is 1.21 bits per heavy atom. The lowest BCUT2D eigenvalue weighted by molar-refractivity contribution is 0.0986. The van der Waals surface area contributed by atoms with E-state index >= 15 is 0 Å². The summed E-state index contributed by atoms with van der Waals surface area (Å²) in [6.45, 7) is 8.55. The van der Waals surface area contributed by atoms with E-state index in [4.69, 9.17) is 23.7 Å². The van der Waals surface area contributed by atoms with E-state index in [2.05, 4.69) is 27.4 Å². The van der Waals surface area contributed by atoms with Gasteiger partial charge in [0.15, 0.2) is 0 Å². The summed E-state index contributed by atoms with van der Waals surface area (Å²) in [4.78, 5) is 7.27. The van der Waals surface area contributed by atoms with Crippen LogP contribution in [0.5, 0.6) is 11.6 Å². The van der Waals surface area contributed by atoms with Crippen LogP contribution in [0.1, 0.15) is 23.9 Å². The predicted molar refractivity (Wildman–Crippen MR) is 127 cm³/mol. The molecule has 1 aromatic carbocycles. The van der Waals surface area contributed by atoms with Crippen LogP contribution in [0.15, 0.2) is 34.9 Å². The Bertz CT molecular complexity index is 1250. The summed E-state index contributed by atoms with van der Waals surface area (Å²) >= 11 is 1.38. The van der Waals surface area contributed by atoms with E-state index in [0.29, 0.717) is 25.7 Å². The van der Waals surface area contributed by atoms with E-state index in [1.54, 1.807) is 7.11 Å². The van der Waals surface area contributed by atoms with Crippen LogP contribution >= 0.6 is 11.5 Å². The molecule has 1 atom stereocenters. The van der Waals surface area contributed by atoms with Gasteiger partial charge in [-0.25, -0.2) is 4.98 Å². The molecule has 0 radical (unpaired) electrons. The lowest BCUT2D eigenvalue weighted by atomic mass is 10.0. The number of hydrogen-bond acceptors (Lipinski definition) is 9. The molecular weight excluding hydrogens is 440 g/mol. The van der Waals surface area contributed by atoms with E-state index in [1.165, 1.54) is 11.5 Å². The average molecular weight is 467 g/mol. The van der Waals surface area contributed by atoms with Crippen LogP contribution in [-0.2, 0) is 11.3 Å². The fraction of sp³-hybridized carbons (Fsp3) is 0.375. The number of aryl methyl sites for hydroxylation is 2. The zero-order valence-electron chi connectivity index (χ0n) is 19.1. The van der Waals surface area contributed by atoms with Crippen molar-refractivity contribution in [2.75, 3.05) is 31.8 Å². The van der Waals surface area contributed by atoms with Gasteiger partial charge in [-0.2, -0.15) is 4.37 Å². The zero-order chi connectivity index (χ0) is 22.9. The fourth-order valence-corrected chi connectivity index (χ4v) is 4.92. The van der Waals surface area contributed by atoms with Gasteiger partial charge >= 0.3 is 0 Å². The average Bonchev–Trinajstić information content (AvgIpc) is 3.40. The number of ether oxygens (including phenoxy) is 3. The summed E-state index contributed by atoms with van der Waals surface area (Å²) in [6.07, 6.45) is 0. The second-order valence-electron chi connectivity index (χ2n) is 8.15. The molecule has 0 unspecified atom stereocenters. The Balaban J connectivity index is 1.56. The van der Waals surface area contributed by atoms with Gasteiger partial charge in [0, 0.05) is 17.7 Å². The molecule has 0 N–H and O–H groups in total. The number of morpholine rings is 1. The molecule has 8 nitrogen and oxygen atoms in total. The number of benzene rings is 1. The molecule has 1 saturated heterocycles. The molecule has 0 saturated carbocycles. The molecule has 4 heterocycles. The van der Waals surface area contributed by atoms with Crippen molar-refractivity contribution in [3.63, 3.8) is 0 Å². The third kappa shape index (κ3) is 4.14. The first-order chi connectivity index (χ1) is 16.0. The maximum atomic E-state index is 6.13. The van der Waals surface area contributed by atoms with Gasteiger partial charge in [0.2, 0.25) is 0 Å². The standard InChI is InChI=1S/C24H26N4O4S/c1-14-12-30-10-9-28(14)20-11-19(21-15(2)26-32-16(21)3)23-22(25-20)24(27-33-23)31-13-17-5-7-18(29-4)8-6-17/h5-8,11,14H,9-10,12-13H2,1-4H3/t14-/m1/s1. The number of aromatic nitrogens is 3. The highest BCUT2D eigenvalue weighted by Gasteiger charge is 2.26. The number of methoxy groups -OCH3 is 1. The molecule has 0 aliphatic carbocycles. The van der Waals surface area contributed by atoms with Crippen molar-refractivity contribution in [3.8, 4) is 22.8 Å². The second kappa shape index (κ2) is 8.99. The van der Waals surface area contributed by atoms with Crippen molar-refractivity contribution < 1.29 is 18.7 Å². The molecule has 172 valence electrons. The summed E-state index contributed by atoms with van der Waals surface area (Å²) in [5.74, 6) is 2.99. The third-order valence-corrected chi connectivity index (χ3v) is 6.73. The van der Waals surface area contributed by atoms with Crippen LogP contribution in [-0.4, -0.2) is 47.4 Å². The van der Waals surface area contributed by atoms with E-state index in [0.717, 1.165) is 56.5 Å². The van der Waals surface area contributed by atoms with Gasteiger partial charge in [-0.1, -0.05) is 17.3 Å². The van der Waals surface area contributed by atoms with Crippen LogP contribution in [0.2, 0.25) is 0 Å². The SMILES string of the molecule is COc1ccc(COc2nsc3c(-c4c(C)noc4C)cc(N4CCOC[C@H]4C)nc23)cc1. The Hall–Kier alpha value is -3.17. The van der Waals surface area contributed by atoms with Gasteiger partial charge in [-0.15, -0.1) is 0 Å². The molecule has 33 heavy (non-hydrogen) atoms. The van der Waals surface area contributed by atoms with Crippen molar-refractivity contribution in [1.29, 1.82) is 0 Å². The molecule has 0 amide bonds. The first kappa shape index (κ1) is 21.7. The number of anilines is 1. The zero-order valence-corrected chi connectivity index (χ0v) is 19.9. The predicted octanol–water partition coefficient (Wildman–Crippen LogP) is 4.78. The number of rotatable bonds is 6. The minimum Gasteiger partial charge on any atom is -0.497 e. The number of fused-ring (bicyclic) bond motifs is 1. The number of pyridine rings is 1. The van der Waals surface area contributed by atoms with Gasteiger partial charge in [0.1, 0.15) is 29.5 Å². The van der Waals surface area contributed by atoms with Gasteiger partial charge in [-0.3, -0.25) is 0 Å². The van der Waals surface area contributed by atoms with Crippen LogP contribution in [0.25, 0.3) is 21.3 Å². The van der Waals surface area contributed by atoms with Gasteiger partial charge in [0.05, 0.1) is 36.8 Å². The first-order valence-electron chi connectivity index (χ1n) is 10.9. The highest BCUT2D eigenvalue weighted by atomic mass is 32.1. The first-order valence-corrected chi connectivity index (χ1v) is 11.7. The molecule has 1 aliphatic rings. The molecule has 0 bridgehead atoms. The number of hydrogen-bond donors (Lipinski definition) is 0. The van der Waals surface area contributed by atoms with Crippen molar-refractivity contribution in [2.45, 2.75) is 33.4 Å². The molecule has 3 aromatic heterocycles. The van der Waals surface area contributed by atoms with Gasteiger partial charge in [0.25, 0.3) is 5.88 Å². The lowest BCUT2D eigenvalue weighted by Gasteiger charge is -2.34. The minimum absolute atomic E-state index is 0.219. The summed E-state index contributed by atoms with van der Waals surface area (Å²) in [6, 6.07) is 10.1. The van der Waals surface area contributed by atoms with Crippen molar-refractivity contribution in [3.05, 3.63) is 47.3 Å². The summed E-state index contributed by atoms with van der Waals surface area (Å²) < 4.78 is 28.1. The molecule has 0 spiro atoms. The third-order valence-electron chi connectivity index (χ3n) is 5.88. The quantitative estimate of drug-likeness (QED) is 0.402. The summed E-state index contributed by atoms with van der Waals surface area (Å²) in [5, 5.41) is 4.17. The molecular formula is C24H26N4O4S. The Morgan fingerprint density at radius 3 is 2.73 bits per heavy atom. The smallest absolute Gasteiger partial charge is 0.252 e. The van der Waals surface area contributed by atoms with Gasteiger partial charge in [-0.05, 0) is 56.1 Å². The number of nitrogens with zero attached hydrogens (tertiary/aromatic N) is 4. The largest absolute Gasteiger partial charge is 0.497 e. The Morgan fingerprint density at radius 2 is 2.03 bits per heavy atom. The van der Waals surface area contributed by atoms with Crippen molar-refractivity contribution >= 4 is 27.6 Å². The van der Waals surface area contributed by atoms with Crippen LogP contribution < -0.4 is 14.4 Å². The highest BCUT2D eigenvalue weighted by Crippen LogP contribution is 2.41. The molecule has 9 heteroatoms. The topological polar surface area (TPSA) is 82.7 Å². The van der Waals surface area contributed by atoms with Crippen LogP contribution in [0.4, 0.5) is 5.82 Å². The van der Waals surface area contributed by atoms with E-state index < -0.39 is 0 Å². The summed E-state index contributed by atoms with van der Waals surface area (Å²) in [7, 11) is 1.65. The fourth-order valence-electron chi connectivity index (χ4n) is 4.12.